The van der Waals surface area contributed by atoms with Crippen LogP contribution in [0.25, 0.3) is 0 Å². The third-order valence-corrected chi connectivity index (χ3v) is 2.43. The van der Waals surface area contributed by atoms with E-state index < -0.39 is 0 Å². The molecule has 0 aliphatic carbocycles. The van der Waals surface area contributed by atoms with Crippen LogP contribution >= 0.6 is 0 Å². The highest BCUT2D eigenvalue weighted by atomic mass is 16.3. The minimum Gasteiger partial charge on any atom is -0.395 e. The van der Waals surface area contributed by atoms with Gasteiger partial charge < -0.3 is 10.4 Å². The highest BCUT2D eigenvalue weighted by Crippen LogP contribution is 2.03. The summed E-state index contributed by atoms with van der Waals surface area (Å²) >= 11 is 0. The number of aliphatic hydroxyl groups is 1. The maximum absolute atomic E-state index is 9.02. The average molecular weight is 173 g/mol. The van der Waals surface area contributed by atoms with Crippen LogP contribution in [-0.4, -0.2) is 24.3 Å². The summed E-state index contributed by atoms with van der Waals surface area (Å²) in [7, 11) is 0. The SMILES string of the molecule is CCC(C)CNC(CO)C(C)C. The second-order valence-electron chi connectivity index (χ2n) is 3.95. The molecule has 0 aliphatic rings. The van der Waals surface area contributed by atoms with Gasteiger partial charge in [0.05, 0.1) is 6.61 Å². The van der Waals surface area contributed by atoms with E-state index in [-0.39, 0.29) is 12.6 Å². The van der Waals surface area contributed by atoms with Gasteiger partial charge in [-0.3, -0.25) is 0 Å². The number of nitrogens with one attached hydrogen (secondary N) is 1. The Hall–Kier alpha value is -0.0800. The maximum Gasteiger partial charge on any atom is 0.0587 e. The van der Waals surface area contributed by atoms with Gasteiger partial charge in [0.15, 0.2) is 0 Å². The first-order chi connectivity index (χ1) is 5.61. The molecule has 2 N–H and O–H groups in total. The zero-order valence-electron chi connectivity index (χ0n) is 8.80. The summed E-state index contributed by atoms with van der Waals surface area (Å²) in [6.07, 6.45) is 1.20. The molecule has 2 heteroatoms. The average Bonchev–Trinajstić information content (AvgIpc) is 2.04. The first-order valence-electron chi connectivity index (χ1n) is 4.96. The van der Waals surface area contributed by atoms with E-state index >= 15 is 0 Å². The van der Waals surface area contributed by atoms with Crippen LogP contribution in [0.1, 0.15) is 34.1 Å². The molecule has 0 saturated heterocycles. The van der Waals surface area contributed by atoms with Gasteiger partial charge in [0.25, 0.3) is 0 Å². The van der Waals surface area contributed by atoms with Crippen LogP contribution < -0.4 is 5.32 Å². The molecule has 0 saturated carbocycles. The van der Waals surface area contributed by atoms with Crippen LogP contribution in [0.5, 0.6) is 0 Å². The fourth-order valence-corrected chi connectivity index (χ4v) is 1.01. The Balaban J connectivity index is 3.58. The van der Waals surface area contributed by atoms with Crippen molar-refractivity contribution in [1.82, 2.24) is 5.32 Å². The summed E-state index contributed by atoms with van der Waals surface area (Å²) in [5, 5.41) is 12.4. The van der Waals surface area contributed by atoms with Gasteiger partial charge in [-0.15, -0.1) is 0 Å². The van der Waals surface area contributed by atoms with Crippen molar-refractivity contribution in [3.63, 3.8) is 0 Å². The van der Waals surface area contributed by atoms with Crippen LogP contribution in [0.4, 0.5) is 0 Å². The predicted molar refractivity (Wildman–Crippen MR) is 53.2 cm³/mol. The highest BCUT2D eigenvalue weighted by molar-refractivity contribution is 4.70. The standard InChI is InChI=1S/C10H23NO/c1-5-9(4)6-11-10(7-12)8(2)3/h8-12H,5-7H2,1-4H3. The Labute approximate surface area is 76.4 Å². The number of hydrogen-bond donors (Lipinski definition) is 2. The maximum atomic E-state index is 9.02. The number of aliphatic hydroxyl groups excluding tert-OH is 1. The van der Waals surface area contributed by atoms with Gasteiger partial charge in [0, 0.05) is 6.04 Å². The second-order valence-corrected chi connectivity index (χ2v) is 3.95. The lowest BCUT2D eigenvalue weighted by molar-refractivity contribution is 0.206. The molecule has 0 rings (SSSR count). The van der Waals surface area contributed by atoms with Gasteiger partial charge in [-0.1, -0.05) is 34.1 Å². The van der Waals surface area contributed by atoms with Crippen molar-refractivity contribution in [2.45, 2.75) is 40.2 Å². The Morgan fingerprint density at radius 3 is 2.17 bits per heavy atom. The minimum absolute atomic E-state index is 0.244. The number of rotatable bonds is 6. The second kappa shape index (κ2) is 6.44. The molecule has 0 aromatic carbocycles. The van der Waals surface area contributed by atoms with Crippen molar-refractivity contribution in [2.75, 3.05) is 13.2 Å². The van der Waals surface area contributed by atoms with Crippen LogP contribution in [0.3, 0.4) is 0 Å². The van der Waals surface area contributed by atoms with E-state index in [4.69, 9.17) is 5.11 Å². The highest BCUT2D eigenvalue weighted by Gasteiger charge is 2.11. The van der Waals surface area contributed by atoms with E-state index in [1.54, 1.807) is 0 Å². The molecule has 0 aliphatic heterocycles. The summed E-state index contributed by atoms with van der Waals surface area (Å²) in [5.74, 6) is 1.22. The van der Waals surface area contributed by atoms with Gasteiger partial charge in [-0.2, -0.15) is 0 Å². The van der Waals surface area contributed by atoms with E-state index in [0.717, 1.165) is 6.54 Å². The van der Waals surface area contributed by atoms with E-state index in [9.17, 15) is 0 Å². The van der Waals surface area contributed by atoms with Crippen LogP contribution in [0, 0.1) is 11.8 Å². The zero-order chi connectivity index (χ0) is 9.56. The summed E-state index contributed by atoms with van der Waals surface area (Å²) in [4.78, 5) is 0. The Morgan fingerprint density at radius 1 is 1.25 bits per heavy atom. The zero-order valence-corrected chi connectivity index (χ0v) is 8.80. The molecular formula is C10H23NO. The van der Waals surface area contributed by atoms with Crippen molar-refractivity contribution >= 4 is 0 Å². The smallest absolute Gasteiger partial charge is 0.0587 e. The first kappa shape index (κ1) is 11.9. The van der Waals surface area contributed by atoms with Crippen molar-refractivity contribution in [1.29, 1.82) is 0 Å². The van der Waals surface area contributed by atoms with E-state index in [1.807, 2.05) is 0 Å². The van der Waals surface area contributed by atoms with Crippen molar-refractivity contribution in [3.05, 3.63) is 0 Å². The molecule has 12 heavy (non-hydrogen) atoms. The van der Waals surface area contributed by atoms with Crippen LogP contribution in [0.2, 0.25) is 0 Å². The van der Waals surface area contributed by atoms with Gasteiger partial charge in [-0.25, -0.2) is 0 Å². The van der Waals surface area contributed by atoms with E-state index in [0.29, 0.717) is 11.8 Å². The van der Waals surface area contributed by atoms with Gasteiger partial charge in [0.1, 0.15) is 0 Å². The third-order valence-electron chi connectivity index (χ3n) is 2.43. The van der Waals surface area contributed by atoms with Crippen LogP contribution in [0.15, 0.2) is 0 Å². The van der Waals surface area contributed by atoms with Gasteiger partial charge in [-0.05, 0) is 18.4 Å². The van der Waals surface area contributed by atoms with E-state index in [1.165, 1.54) is 6.42 Å². The lowest BCUT2D eigenvalue weighted by Crippen LogP contribution is -2.39. The predicted octanol–water partition coefficient (Wildman–Crippen LogP) is 1.64. The third kappa shape index (κ3) is 4.73. The molecule has 2 unspecified atom stereocenters. The fourth-order valence-electron chi connectivity index (χ4n) is 1.01. The molecule has 0 amide bonds. The fraction of sp³-hybridized carbons (Fsp3) is 1.00. The Morgan fingerprint density at radius 2 is 1.83 bits per heavy atom. The lowest BCUT2D eigenvalue weighted by Gasteiger charge is -2.21. The van der Waals surface area contributed by atoms with Crippen molar-refractivity contribution in [2.24, 2.45) is 11.8 Å². The Bertz CT molecular complexity index is 104. The summed E-state index contributed by atoms with van der Waals surface area (Å²) < 4.78 is 0. The number of hydrogen-bond acceptors (Lipinski definition) is 2. The topological polar surface area (TPSA) is 32.3 Å². The van der Waals surface area contributed by atoms with Crippen molar-refractivity contribution < 1.29 is 5.11 Å². The summed E-state index contributed by atoms with van der Waals surface area (Å²) in [5.41, 5.74) is 0. The molecule has 0 bridgehead atoms. The molecule has 0 aromatic heterocycles. The van der Waals surface area contributed by atoms with E-state index in [2.05, 4.69) is 33.0 Å². The lowest BCUT2D eigenvalue weighted by atomic mass is 10.0. The molecule has 0 radical (unpaired) electrons. The monoisotopic (exact) mass is 173 g/mol. The Kier molecular flexibility index (Phi) is 6.39. The summed E-state index contributed by atoms with van der Waals surface area (Å²) in [6.45, 7) is 9.93. The molecule has 2 atom stereocenters. The van der Waals surface area contributed by atoms with Gasteiger partial charge >= 0.3 is 0 Å². The molecule has 74 valence electrons. The minimum atomic E-state index is 0.244. The van der Waals surface area contributed by atoms with Gasteiger partial charge in [0.2, 0.25) is 0 Å². The summed E-state index contributed by atoms with van der Waals surface area (Å²) in [6, 6.07) is 0.263. The van der Waals surface area contributed by atoms with Crippen molar-refractivity contribution in [3.8, 4) is 0 Å². The first-order valence-corrected chi connectivity index (χ1v) is 4.96. The normalized spacial score (nSPS) is 16.5. The largest absolute Gasteiger partial charge is 0.395 e. The molecular weight excluding hydrogens is 150 g/mol. The molecule has 0 spiro atoms. The van der Waals surface area contributed by atoms with Crippen LogP contribution in [-0.2, 0) is 0 Å². The molecule has 2 nitrogen and oxygen atoms in total. The quantitative estimate of drug-likeness (QED) is 0.640. The molecule has 0 fully saturated rings. The molecule has 0 aromatic rings. The molecule has 0 heterocycles.